The monoisotopic (exact) mass is 340 g/mol. The number of likely N-dealkylation sites (tertiary alicyclic amines) is 1. The van der Waals surface area contributed by atoms with Crippen LogP contribution < -0.4 is 0 Å². The van der Waals surface area contributed by atoms with E-state index in [0.29, 0.717) is 12.1 Å². The Hall–Kier alpha value is -1.62. The molecule has 0 spiro atoms. The van der Waals surface area contributed by atoms with Crippen LogP contribution in [-0.4, -0.2) is 54.7 Å². The Balaban J connectivity index is 1.52. The molecule has 2 aromatic rings. The van der Waals surface area contributed by atoms with Crippen molar-refractivity contribution in [3.8, 4) is 0 Å². The molecule has 1 aromatic heterocycles. The van der Waals surface area contributed by atoms with Gasteiger partial charge in [0.2, 0.25) is 0 Å². The first-order chi connectivity index (χ1) is 12.3. The molecule has 25 heavy (non-hydrogen) atoms. The van der Waals surface area contributed by atoms with Crippen LogP contribution >= 0.6 is 0 Å². The molecular formula is C21H28N2O2. The largest absolute Gasteiger partial charge is 0.465 e. The zero-order valence-electron chi connectivity index (χ0n) is 15.1. The van der Waals surface area contributed by atoms with E-state index in [1.807, 2.05) is 6.92 Å². The molecule has 0 saturated carbocycles. The lowest BCUT2D eigenvalue weighted by atomic mass is 9.98. The molecule has 0 radical (unpaired) electrons. The molecule has 4 rings (SSSR count). The van der Waals surface area contributed by atoms with Crippen molar-refractivity contribution in [1.29, 1.82) is 0 Å². The van der Waals surface area contributed by atoms with Gasteiger partial charge in [-0.1, -0.05) is 30.3 Å². The molecule has 2 atom stereocenters. The third-order valence-electron chi connectivity index (χ3n) is 5.58. The maximum atomic E-state index is 5.85. The highest BCUT2D eigenvalue weighted by Crippen LogP contribution is 2.28. The SMILES string of the molecule is Cc1ccc(CN2CC[C@@H](N3CCOCC3)[C@@H]2Cc2ccccc2)o1. The third-order valence-corrected chi connectivity index (χ3v) is 5.58. The van der Waals surface area contributed by atoms with Crippen LogP contribution in [0.25, 0.3) is 0 Å². The molecule has 4 nitrogen and oxygen atoms in total. The van der Waals surface area contributed by atoms with Crippen LogP contribution in [0.3, 0.4) is 0 Å². The van der Waals surface area contributed by atoms with Crippen LogP contribution in [0.1, 0.15) is 23.5 Å². The van der Waals surface area contributed by atoms with Crippen LogP contribution in [0.4, 0.5) is 0 Å². The molecule has 0 bridgehead atoms. The minimum atomic E-state index is 0.533. The van der Waals surface area contributed by atoms with Crippen molar-refractivity contribution >= 4 is 0 Å². The smallest absolute Gasteiger partial charge is 0.118 e. The molecule has 2 fully saturated rings. The number of rotatable bonds is 5. The maximum Gasteiger partial charge on any atom is 0.118 e. The summed E-state index contributed by atoms with van der Waals surface area (Å²) in [5.41, 5.74) is 1.42. The van der Waals surface area contributed by atoms with Crippen molar-refractivity contribution in [2.45, 2.75) is 38.4 Å². The highest BCUT2D eigenvalue weighted by Gasteiger charge is 2.38. The second-order valence-electron chi connectivity index (χ2n) is 7.24. The summed E-state index contributed by atoms with van der Waals surface area (Å²) in [4.78, 5) is 5.26. The van der Waals surface area contributed by atoms with Crippen molar-refractivity contribution in [2.24, 2.45) is 0 Å². The Labute approximate surface area is 150 Å². The summed E-state index contributed by atoms with van der Waals surface area (Å²) in [6, 6.07) is 16.2. The Morgan fingerprint density at radius 1 is 1.00 bits per heavy atom. The first kappa shape index (κ1) is 16.8. The number of morpholine rings is 1. The topological polar surface area (TPSA) is 28.9 Å². The van der Waals surface area contributed by atoms with Gasteiger partial charge in [0.25, 0.3) is 0 Å². The average Bonchev–Trinajstić information content (AvgIpc) is 3.23. The summed E-state index contributed by atoms with van der Waals surface area (Å²) in [7, 11) is 0. The zero-order chi connectivity index (χ0) is 17.1. The summed E-state index contributed by atoms with van der Waals surface area (Å²) in [5, 5.41) is 0. The summed E-state index contributed by atoms with van der Waals surface area (Å²) in [5.74, 6) is 2.08. The van der Waals surface area contributed by atoms with Gasteiger partial charge in [-0.3, -0.25) is 9.80 Å². The van der Waals surface area contributed by atoms with Crippen molar-refractivity contribution in [2.75, 3.05) is 32.8 Å². The lowest BCUT2D eigenvalue weighted by Crippen LogP contribution is -2.50. The van der Waals surface area contributed by atoms with Gasteiger partial charge in [0.05, 0.1) is 19.8 Å². The van der Waals surface area contributed by atoms with Gasteiger partial charge < -0.3 is 9.15 Å². The molecule has 2 saturated heterocycles. The van der Waals surface area contributed by atoms with Crippen molar-refractivity contribution in [3.63, 3.8) is 0 Å². The van der Waals surface area contributed by atoms with E-state index in [-0.39, 0.29) is 0 Å². The van der Waals surface area contributed by atoms with Gasteiger partial charge in [-0.2, -0.15) is 0 Å². The fourth-order valence-electron chi connectivity index (χ4n) is 4.32. The second-order valence-corrected chi connectivity index (χ2v) is 7.24. The standard InChI is InChI=1S/C21H28N2O2/c1-17-7-8-19(25-17)16-23-10-9-20(22-11-13-24-14-12-22)21(23)15-18-5-3-2-4-6-18/h2-8,20-21H,9-16H2,1H3/t20-,21+/m1/s1. The molecule has 0 unspecified atom stereocenters. The quantitative estimate of drug-likeness (QED) is 0.836. The van der Waals surface area contributed by atoms with Gasteiger partial charge in [0, 0.05) is 31.7 Å². The minimum absolute atomic E-state index is 0.533. The number of benzene rings is 1. The van der Waals surface area contributed by atoms with Crippen molar-refractivity contribution < 1.29 is 9.15 Å². The number of ether oxygens (including phenoxy) is 1. The van der Waals surface area contributed by atoms with Gasteiger partial charge in [0.1, 0.15) is 11.5 Å². The Morgan fingerprint density at radius 3 is 2.52 bits per heavy atom. The Bertz CT molecular complexity index is 664. The Kier molecular flexibility index (Phi) is 5.20. The first-order valence-corrected chi connectivity index (χ1v) is 9.45. The lowest BCUT2D eigenvalue weighted by molar-refractivity contribution is 0.00755. The van der Waals surface area contributed by atoms with Crippen LogP contribution in [0.15, 0.2) is 46.9 Å². The van der Waals surface area contributed by atoms with Crippen LogP contribution in [0, 0.1) is 6.92 Å². The van der Waals surface area contributed by atoms with E-state index >= 15 is 0 Å². The summed E-state index contributed by atoms with van der Waals surface area (Å²) in [6.45, 7) is 7.92. The number of furan rings is 1. The molecule has 2 aliphatic heterocycles. The molecule has 0 amide bonds. The lowest BCUT2D eigenvalue weighted by Gasteiger charge is -2.37. The minimum Gasteiger partial charge on any atom is -0.465 e. The van der Waals surface area contributed by atoms with Gasteiger partial charge in [-0.15, -0.1) is 0 Å². The molecule has 1 aromatic carbocycles. The van der Waals surface area contributed by atoms with E-state index in [2.05, 4.69) is 52.3 Å². The van der Waals surface area contributed by atoms with E-state index < -0.39 is 0 Å². The molecule has 3 heterocycles. The predicted molar refractivity (Wildman–Crippen MR) is 98.6 cm³/mol. The molecule has 4 heteroatoms. The number of hydrogen-bond donors (Lipinski definition) is 0. The van der Waals surface area contributed by atoms with E-state index in [9.17, 15) is 0 Å². The predicted octanol–water partition coefficient (Wildman–Crippen LogP) is 3.11. The third kappa shape index (κ3) is 3.97. The van der Waals surface area contributed by atoms with Crippen LogP contribution in [0.5, 0.6) is 0 Å². The van der Waals surface area contributed by atoms with Gasteiger partial charge in [-0.05, 0) is 37.5 Å². The summed E-state index contributed by atoms with van der Waals surface area (Å²) >= 11 is 0. The molecule has 0 N–H and O–H groups in total. The Morgan fingerprint density at radius 2 is 1.80 bits per heavy atom. The number of aryl methyl sites for hydroxylation is 1. The number of hydrogen-bond acceptors (Lipinski definition) is 4. The normalized spacial score (nSPS) is 25.5. The van der Waals surface area contributed by atoms with E-state index in [1.54, 1.807) is 0 Å². The van der Waals surface area contributed by atoms with Gasteiger partial charge >= 0.3 is 0 Å². The average molecular weight is 340 g/mol. The second kappa shape index (κ2) is 7.73. The fraction of sp³-hybridized carbons (Fsp3) is 0.524. The van der Waals surface area contributed by atoms with E-state index in [1.165, 1.54) is 12.0 Å². The van der Waals surface area contributed by atoms with Crippen molar-refractivity contribution in [3.05, 3.63) is 59.5 Å². The van der Waals surface area contributed by atoms with Gasteiger partial charge in [0.15, 0.2) is 0 Å². The zero-order valence-corrected chi connectivity index (χ0v) is 15.1. The molecule has 2 aliphatic rings. The highest BCUT2D eigenvalue weighted by molar-refractivity contribution is 5.18. The highest BCUT2D eigenvalue weighted by atomic mass is 16.5. The fourth-order valence-corrected chi connectivity index (χ4v) is 4.32. The van der Waals surface area contributed by atoms with Crippen LogP contribution in [0.2, 0.25) is 0 Å². The maximum absolute atomic E-state index is 5.85. The number of nitrogens with zero attached hydrogens (tertiary/aromatic N) is 2. The summed E-state index contributed by atoms with van der Waals surface area (Å²) in [6.07, 6.45) is 2.33. The summed E-state index contributed by atoms with van der Waals surface area (Å²) < 4.78 is 11.4. The van der Waals surface area contributed by atoms with Crippen LogP contribution in [-0.2, 0) is 17.7 Å². The first-order valence-electron chi connectivity index (χ1n) is 9.45. The van der Waals surface area contributed by atoms with E-state index in [0.717, 1.165) is 57.3 Å². The van der Waals surface area contributed by atoms with Crippen molar-refractivity contribution in [1.82, 2.24) is 9.80 Å². The molecule has 134 valence electrons. The molecule has 0 aliphatic carbocycles. The van der Waals surface area contributed by atoms with E-state index in [4.69, 9.17) is 9.15 Å². The van der Waals surface area contributed by atoms with Gasteiger partial charge in [-0.25, -0.2) is 0 Å². The molecular weight excluding hydrogens is 312 g/mol.